The van der Waals surface area contributed by atoms with Gasteiger partial charge in [0.05, 0.1) is 0 Å². The molecule has 0 aliphatic carbocycles. The van der Waals surface area contributed by atoms with Crippen molar-refractivity contribution in [3.63, 3.8) is 0 Å². The summed E-state index contributed by atoms with van der Waals surface area (Å²) in [5.41, 5.74) is 9.94. The van der Waals surface area contributed by atoms with Crippen LogP contribution in [0.1, 0.15) is 48.7 Å². The molecule has 1 heterocycles. The number of phenols is 1. The van der Waals surface area contributed by atoms with Crippen molar-refractivity contribution in [2.75, 3.05) is 20.6 Å². The van der Waals surface area contributed by atoms with Gasteiger partial charge in [0.25, 0.3) is 5.91 Å². The van der Waals surface area contributed by atoms with Gasteiger partial charge in [0.1, 0.15) is 11.6 Å². The highest BCUT2D eigenvalue weighted by Gasteiger charge is 2.29. The van der Waals surface area contributed by atoms with Gasteiger partial charge < -0.3 is 15.7 Å². The summed E-state index contributed by atoms with van der Waals surface area (Å²) in [7, 11) is 3.64. The van der Waals surface area contributed by atoms with Gasteiger partial charge in [-0.15, -0.1) is 0 Å². The summed E-state index contributed by atoms with van der Waals surface area (Å²) in [6, 6.07) is 14.9. The van der Waals surface area contributed by atoms with Crippen LogP contribution in [0.2, 0.25) is 0 Å². The molecule has 0 bridgehead atoms. The van der Waals surface area contributed by atoms with Gasteiger partial charge in [0.2, 0.25) is 0 Å². The van der Waals surface area contributed by atoms with Gasteiger partial charge in [-0.05, 0) is 59.2 Å². The highest BCUT2D eigenvalue weighted by atomic mass is 16.3. The summed E-state index contributed by atoms with van der Waals surface area (Å²) in [5, 5.41) is 9.80. The molecule has 2 aromatic carbocycles. The smallest absolute Gasteiger partial charge is 0.259 e. The first-order valence-corrected chi connectivity index (χ1v) is 10.5. The predicted octanol–water partition coefficient (Wildman–Crippen LogP) is 3.87. The van der Waals surface area contributed by atoms with Crippen LogP contribution in [0.25, 0.3) is 0 Å². The minimum Gasteiger partial charge on any atom is -0.508 e. The molecule has 0 saturated heterocycles. The molecule has 6 nitrogen and oxygen atoms in total. The van der Waals surface area contributed by atoms with E-state index in [2.05, 4.69) is 25.8 Å². The number of guanidine groups is 1. The van der Waals surface area contributed by atoms with Crippen molar-refractivity contribution in [1.29, 1.82) is 0 Å². The van der Waals surface area contributed by atoms with Gasteiger partial charge in [-0.25, -0.2) is 0 Å². The van der Waals surface area contributed by atoms with E-state index in [-0.39, 0.29) is 17.1 Å². The van der Waals surface area contributed by atoms with Gasteiger partial charge >= 0.3 is 0 Å². The molecular formula is C25H32N4O2. The molecule has 0 atom stereocenters. The Hall–Kier alpha value is -3.28. The quantitative estimate of drug-likeness (QED) is 0.581. The van der Waals surface area contributed by atoms with Crippen molar-refractivity contribution in [2.24, 2.45) is 10.7 Å². The monoisotopic (exact) mass is 420 g/mol. The van der Waals surface area contributed by atoms with Crippen LogP contribution < -0.4 is 5.73 Å². The summed E-state index contributed by atoms with van der Waals surface area (Å²) in [4.78, 5) is 21.4. The highest BCUT2D eigenvalue weighted by Crippen LogP contribution is 2.30. The fourth-order valence-electron chi connectivity index (χ4n) is 3.55. The molecule has 0 aromatic heterocycles. The minimum atomic E-state index is -0.0864. The Morgan fingerprint density at radius 3 is 2.42 bits per heavy atom. The molecule has 0 fully saturated rings. The van der Waals surface area contributed by atoms with Crippen LogP contribution in [0.5, 0.6) is 5.75 Å². The number of hydrogen-bond donors (Lipinski definition) is 2. The van der Waals surface area contributed by atoms with E-state index in [0.717, 1.165) is 11.1 Å². The number of nitrogens with two attached hydrogens (primary N) is 1. The van der Waals surface area contributed by atoms with Crippen molar-refractivity contribution < 1.29 is 9.90 Å². The van der Waals surface area contributed by atoms with Crippen LogP contribution in [-0.4, -0.2) is 47.4 Å². The predicted molar refractivity (Wildman–Crippen MR) is 125 cm³/mol. The third-order valence-electron chi connectivity index (χ3n) is 5.46. The Morgan fingerprint density at radius 2 is 1.84 bits per heavy atom. The number of rotatable bonds is 4. The second kappa shape index (κ2) is 8.84. The van der Waals surface area contributed by atoms with Crippen molar-refractivity contribution in [3.8, 4) is 5.75 Å². The van der Waals surface area contributed by atoms with Crippen LogP contribution in [0.15, 0.2) is 64.9 Å². The minimum absolute atomic E-state index is 0.0269. The van der Waals surface area contributed by atoms with Gasteiger partial charge in [-0.2, -0.15) is 4.99 Å². The summed E-state index contributed by atoms with van der Waals surface area (Å²) in [6.45, 7) is 7.00. The molecule has 0 saturated carbocycles. The summed E-state index contributed by atoms with van der Waals surface area (Å²) < 4.78 is 0. The largest absolute Gasteiger partial charge is 0.508 e. The summed E-state index contributed by atoms with van der Waals surface area (Å²) in [6.07, 6.45) is 1.31. The van der Waals surface area contributed by atoms with Crippen molar-refractivity contribution in [2.45, 2.75) is 39.0 Å². The standard InChI is InChI=1S/C25H32N4O2/c1-25(2,3)20-11-9-18(10-12-20)23(31)29-14-13-19(22(29)27-24(26)28(4)5)15-17-7-6-8-21(30)16-17/h6-12,16,30H,13-15H2,1-5H3,(H2,26,27). The molecule has 3 rings (SSSR count). The number of phenolic OH excluding ortho intramolecular Hbond substituents is 1. The number of benzene rings is 2. The third kappa shape index (κ3) is 5.26. The molecule has 0 radical (unpaired) electrons. The average Bonchev–Trinajstić information content (AvgIpc) is 3.09. The average molecular weight is 421 g/mol. The molecule has 0 spiro atoms. The number of nitrogens with zero attached hydrogens (tertiary/aromatic N) is 3. The summed E-state index contributed by atoms with van der Waals surface area (Å²) >= 11 is 0. The fourth-order valence-corrected chi connectivity index (χ4v) is 3.55. The van der Waals surface area contributed by atoms with Crippen molar-refractivity contribution in [3.05, 3.63) is 76.6 Å². The van der Waals surface area contributed by atoms with E-state index in [0.29, 0.717) is 36.7 Å². The number of aliphatic imine (C=N–C) groups is 1. The molecule has 1 amide bonds. The second-order valence-corrected chi connectivity index (χ2v) is 9.17. The number of aromatic hydroxyl groups is 1. The molecular weight excluding hydrogens is 388 g/mol. The lowest BCUT2D eigenvalue weighted by atomic mass is 9.86. The van der Waals surface area contributed by atoms with E-state index in [1.54, 1.807) is 21.9 Å². The Balaban J connectivity index is 1.95. The first kappa shape index (κ1) is 22.4. The molecule has 0 unspecified atom stereocenters. The Kier molecular flexibility index (Phi) is 6.39. The zero-order valence-corrected chi connectivity index (χ0v) is 19.0. The van der Waals surface area contributed by atoms with Gasteiger partial charge in [-0.3, -0.25) is 9.69 Å². The number of hydrogen-bond acceptors (Lipinski definition) is 3. The van der Waals surface area contributed by atoms with E-state index in [4.69, 9.17) is 5.73 Å². The van der Waals surface area contributed by atoms with Gasteiger partial charge in [0, 0.05) is 26.2 Å². The van der Waals surface area contributed by atoms with Crippen LogP contribution >= 0.6 is 0 Å². The first-order valence-electron chi connectivity index (χ1n) is 10.5. The van der Waals surface area contributed by atoms with E-state index >= 15 is 0 Å². The van der Waals surface area contributed by atoms with E-state index in [9.17, 15) is 9.90 Å². The molecule has 2 aromatic rings. The topological polar surface area (TPSA) is 82.2 Å². The maximum Gasteiger partial charge on any atom is 0.259 e. The highest BCUT2D eigenvalue weighted by molar-refractivity contribution is 5.96. The van der Waals surface area contributed by atoms with Crippen LogP contribution in [0.4, 0.5) is 0 Å². The van der Waals surface area contributed by atoms with E-state index < -0.39 is 0 Å². The van der Waals surface area contributed by atoms with Crippen molar-refractivity contribution >= 4 is 11.9 Å². The first-order chi connectivity index (χ1) is 14.6. The van der Waals surface area contributed by atoms with Crippen LogP contribution in [0, 0.1) is 0 Å². The van der Waals surface area contributed by atoms with Crippen molar-refractivity contribution in [1.82, 2.24) is 9.80 Å². The lowest BCUT2D eigenvalue weighted by Gasteiger charge is -2.22. The molecule has 31 heavy (non-hydrogen) atoms. The van der Waals surface area contributed by atoms with Gasteiger partial charge in [-0.1, -0.05) is 45.0 Å². The number of amides is 1. The Bertz CT molecular complexity index is 1010. The Labute approximate surface area is 184 Å². The van der Waals surface area contributed by atoms with E-state index in [1.807, 2.05) is 50.5 Å². The SMILES string of the molecule is CN(C)C(N)=NC1=C(Cc2cccc(O)c2)CCN1C(=O)c1ccc(C(C)(C)C)cc1. The maximum absolute atomic E-state index is 13.3. The van der Waals surface area contributed by atoms with Crippen LogP contribution in [-0.2, 0) is 11.8 Å². The summed E-state index contributed by atoms with van der Waals surface area (Å²) in [5.74, 6) is 1.07. The zero-order valence-electron chi connectivity index (χ0n) is 19.0. The fraction of sp³-hybridized carbons (Fsp3) is 0.360. The maximum atomic E-state index is 13.3. The normalized spacial score (nSPS) is 14.9. The molecule has 1 aliphatic rings. The lowest BCUT2D eigenvalue weighted by Crippen LogP contribution is -2.33. The van der Waals surface area contributed by atoms with Gasteiger partial charge in [0.15, 0.2) is 5.96 Å². The molecule has 6 heteroatoms. The second-order valence-electron chi connectivity index (χ2n) is 9.17. The number of carbonyl (C=O) groups excluding carboxylic acids is 1. The van der Waals surface area contributed by atoms with E-state index in [1.165, 1.54) is 5.56 Å². The Morgan fingerprint density at radius 1 is 1.16 bits per heavy atom. The number of carbonyl (C=O) groups is 1. The molecule has 3 N–H and O–H groups in total. The zero-order chi connectivity index (χ0) is 22.8. The molecule has 164 valence electrons. The molecule has 1 aliphatic heterocycles. The third-order valence-corrected chi connectivity index (χ3v) is 5.46. The lowest BCUT2D eigenvalue weighted by molar-refractivity contribution is 0.0817. The van der Waals surface area contributed by atoms with Crippen LogP contribution in [0.3, 0.4) is 0 Å².